The van der Waals surface area contributed by atoms with E-state index in [0.29, 0.717) is 15.9 Å². The van der Waals surface area contributed by atoms with E-state index in [0.717, 1.165) is 5.69 Å². The molecule has 2 aromatic carbocycles. The lowest BCUT2D eigenvalue weighted by molar-refractivity contribution is 0.417. The zero-order chi connectivity index (χ0) is 17.0. The van der Waals surface area contributed by atoms with Gasteiger partial charge in [-0.2, -0.15) is 0 Å². The fraction of sp³-hybridized carbons (Fsp3) is 0.278. The van der Waals surface area contributed by atoms with Crippen LogP contribution in [-0.4, -0.2) is 12.2 Å². The molecule has 0 amide bonds. The minimum Gasteiger partial charge on any atom is -0.495 e. The number of hydrogen-bond donors (Lipinski definition) is 2. The highest BCUT2D eigenvalue weighted by Gasteiger charge is 2.10. The third kappa shape index (κ3) is 4.60. The van der Waals surface area contributed by atoms with Crippen LogP contribution < -0.4 is 15.4 Å². The first-order valence-corrected chi connectivity index (χ1v) is 8.17. The Balaban J connectivity index is 2.07. The zero-order valence-corrected chi connectivity index (χ0v) is 15.3. The molecule has 0 saturated heterocycles. The van der Waals surface area contributed by atoms with Gasteiger partial charge in [-0.15, -0.1) is 0 Å². The van der Waals surface area contributed by atoms with Crippen molar-refractivity contribution in [3.8, 4) is 5.75 Å². The van der Waals surface area contributed by atoms with E-state index < -0.39 is 0 Å². The Morgan fingerprint density at radius 2 is 1.87 bits per heavy atom. The highest BCUT2D eigenvalue weighted by Crippen LogP contribution is 2.27. The van der Waals surface area contributed by atoms with Gasteiger partial charge in [0.15, 0.2) is 5.11 Å². The van der Waals surface area contributed by atoms with Crippen molar-refractivity contribution in [3.05, 3.63) is 58.1 Å². The van der Waals surface area contributed by atoms with Crippen LogP contribution in [0, 0.1) is 13.8 Å². The van der Waals surface area contributed by atoms with Crippen molar-refractivity contribution in [2.24, 2.45) is 0 Å². The lowest BCUT2D eigenvalue weighted by Crippen LogP contribution is -2.31. The molecule has 2 rings (SSSR count). The average molecular weight is 349 g/mol. The Labute approximate surface area is 148 Å². The Morgan fingerprint density at radius 1 is 1.13 bits per heavy atom. The number of thiocarbonyl (C=S) groups is 1. The Hall–Kier alpha value is -1.78. The molecule has 122 valence electrons. The molecule has 2 N–H and O–H groups in total. The van der Waals surface area contributed by atoms with Gasteiger partial charge >= 0.3 is 0 Å². The molecule has 23 heavy (non-hydrogen) atoms. The smallest absolute Gasteiger partial charge is 0.171 e. The number of methoxy groups -OCH3 is 1. The maximum absolute atomic E-state index is 6.03. The highest BCUT2D eigenvalue weighted by atomic mass is 35.5. The highest BCUT2D eigenvalue weighted by molar-refractivity contribution is 7.80. The maximum Gasteiger partial charge on any atom is 0.171 e. The van der Waals surface area contributed by atoms with Gasteiger partial charge in [0.2, 0.25) is 0 Å². The van der Waals surface area contributed by atoms with Gasteiger partial charge in [-0.1, -0.05) is 29.8 Å². The first-order valence-electron chi connectivity index (χ1n) is 7.39. The topological polar surface area (TPSA) is 33.3 Å². The minimum atomic E-state index is 0.0967. The van der Waals surface area contributed by atoms with E-state index in [9.17, 15) is 0 Å². The summed E-state index contributed by atoms with van der Waals surface area (Å²) in [7, 11) is 1.61. The molecule has 0 radical (unpaired) electrons. The molecular weight excluding hydrogens is 328 g/mol. The maximum atomic E-state index is 6.03. The van der Waals surface area contributed by atoms with Crippen molar-refractivity contribution in [3.63, 3.8) is 0 Å². The van der Waals surface area contributed by atoms with Crippen molar-refractivity contribution in [2.75, 3.05) is 12.4 Å². The summed E-state index contributed by atoms with van der Waals surface area (Å²) in [5, 5.41) is 7.57. The van der Waals surface area contributed by atoms with Crippen LogP contribution in [0.3, 0.4) is 0 Å². The summed E-state index contributed by atoms with van der Waals surface area (Å²) in [6.07, 6.45) is 0. The van der Waals surface area contributed by atoms with E-state index in [-0.39, 0.29) is 6.04 Å². The lowest BCUT2D eigenvalue weighted by Gasteiger charge is -2.19. The molecule has 2 aromatic rings. The van der Waals surface area contributed by atoms with E-state index in [1.54, 1.807) is 25.3 Å². The normalized spacial score (nSPS) is 11.7. The number of ether oxygens (including phenoxy) is 1. The van der Waals surface area contributed by atoms with Gasteiger partial charge in [-0.3, -0.25) is 0 Å². The van der Waals surface area contributed by atoms with Crippen molar-refractivity contribution < 1.29 is 4.74 Å². The van der Waals surface area contributed by atoms with Crippen LogP contribution in [0.4, 0.5) is 5.69 Å². The largest absolute Gasteiger partial charge is 0.495 e. The fourth-order valence-corrected chi connectivity index (χ4v) is 2.71. The van der Waals surface area contributed by atoms with E-state index in [1.807, 2.05) is 0 Å². The molecule has 3 nitrogen and oxygen atoms in total. The molecular formula is C18H21ClN2OS. The number of anilines is 1. The average Bonchev–Trinajstić information content (AvgIpc) is 2.50. The number of nitrogens with one attached hydrogen (secondary N) is 2. The van der Waals surface area contributed by atoms with Crippen molar-refractivity contribution in [2.45, 2.75) is 26.8 Å². The van der Waals surface area contributed by atoms with Gasteiger partial charge in [0.1, 0.15) is 5.75 Å². The summed E-state index contributed by atoms with van der Waals surface area (Å²) in [6.45, 7) is 6.29. The second-order valence-electron chi connectivity index (χ2n) is 5.51. The molecule has 0 aromatic heterocycles. The summed E-state index contributed by atoms with van der Waals surface area (Å²) in [5.41, 5.74) is 4.48. The van der Waals surface area contributed by atoms with E-state index in [1.165, 1.54) is 16.7 Å². The second kappa shape index (κ2) is 7.66. The van der Waals surface area contributed by atoms with Crippen LogP contribution in [0.5, 0.6) is 5.75 Å². The van der Waals surface area contributed by atoms with E-state index in [2.05, 4.69) is 49.6 Å². The van der Waals surface area contributed by atoms with Gasteiger partial charge in [0.05, 0.1) is 18.8 Å². The predicted molar refractivity (Wildman–Crippen MR) is 102 cm³/mol. The summed E-state index contributed by atoms with van der Waals surface area (Å²) in [5.74, 6) is 0.692. The Bertz CT molecular complexity index is 718. The third-order valence-electron chi connectivity index (χ3n) is 3.79. The third-order valence-corrected chi connectivity index (χ3v) is 4.24. The number of benzene rings is 2. The molecule has 1 atom stereocenters. The molecule has 0 bridgehead atoms. The number of rotatable bonds is 4. The van der Waals surface area contributed by atoms with Gasteiger partial charge in [0.25, 0.3) is 0 Å². The van der Waals surface area contributed by atoms with Gasteiger partial charge in [0, 0.05) is 5.02 Å². The minimum absolute atomic E-state index is 0.0967. The van der Waals surface area contributed by atoms with Gasteiger partial charge in [-0.05, 0) is 67.9 Å². The van der Waals surface area contributed by atoms with Crippen LogP contribution >= 0.6 is 23.8 Å². The molecule has 0 saturated carbocycles. The lowest BCUT2D eigenvalue weighted by atomic mass is 10.0. The zero-order valence-electron chi connectivity index (χ0n) is 13.7. The summed E-state index contributed by atoms with van der Waals surface area (Å²) in [4.78, 5) is 0. The van der Waals surface area contributed by atoms with Crippen LogP contribution in [0.15, 0.2) is 36.4 Å². The standard InChI is InChI=1S/C18H21ClN2OS/c1-11-5-6-14(9-12(11)2)13(3)20-18(23)21-16-10-15(19)7-8-17(16)22-4/h5-10,13H,1-4H3,(H2,20,21,23)/t13-/m1/s1. The Kier molecular flexibility index (Phi) is 5.85. The monoisotopic (exact) mass is 348 g/mol. The first-order chi connectivity index (χ1) is 10.9. The number of halogens is 1. The molecule has 0 fully saturated rings. The second-order valence-corrected chi connectivity index (χ2v) is 6.35. The van der Waals surface area contributed by atoms with Crippen LogP contribution in [0.2, 0.25) is 5.02 Å². The number of hydrogen-bond acceptors (Lipinski definition) is 2. The van der Waals surface area contributed by atoms with Gasteiger partial charge in [-0.25, -0.2) is 0 Å². The van der Waals surface area contributed by atoms with Crippen LogP contribution in [-0.2, 0) is 0 Å². The molecule has 0 unspecified atom stereocenters. The molecule has 5 heteroatoms. The SMILES string of the molecule is COc1ccc(Cl)cc1NC(=S)N[C@H](C)c1ccc(C)c(C)c1. The first kappa shape index (κ1) is 17.6. The van der Waals surface area contributed by atoms with Crippen molar-refractivity contribution >= 4 is 34.6 Å². The van der Waals surface area contributed by atoms with Crippen LogP contribution in [0.1, 0.15) is 29.7 Å². The molecule has 0 spiro atoms. The summed E-state index contributed by atoms with van der Waals surface area (Å²) in [6, 6.07) is 11.9. The summed E-state index contributed by atoms with van der Waals surface area (Å²) < 4.78 is 5.31. The number of aryl methyl sites for hydroxylation is 2. The quantitative estimate of drug-likeness (QED) is 0.761. The molecule has 0 heterocycles. The summed E-state index contributed by atoms with van der Waals surface area (Å²) >= 11 is 11.4. The molecule has 0 aliphatic carbocycles. The van der Waals surface area contributed by atoms with E-state index >= 15 is 0 Å². The van der Waals surface area contributed by atoms with Gasteiger partial charge < -0.3 is 15.4 Å². The van der Waals surface area contributed by atoms with E-state index in [4.69, 9.17) is 28.6 Å². The van der Waals surface area contributed by atoms with Crippen molar-refractivity contribution in [1.29, 1.82) is 0 Å². The molecule has 0 aliphatic heterocycles. The van der Waals surface area contributed by atoms with Crippen LogP contribution in [0.25, 0.3) is 0 Å². The van der Waals surface area contributed by atoms with Crippen molar-refractivity contribution in [1.82, 2.24) is 5.32 Å². The predicted octanol–water partition coefficient (Wildman–Crippen LogP) is 5.01. The Morgan fingerprint density at radius 3 is 2.52 bits per heavy atom. The fourth-order valence-electron chi connectivity index (χ4n) is 2.25. The molecule has 0 aliphatic rings.